The first-order valence-electron chi connectivity index (χ1n) is 7.12. The predicted octanol–water partition coefficient (Wildman–Crippen LogP) is 2.02. The van der Waals surface area contributed by atoms with Crippen LogP contribution in [0.3, 0.4) is 0 Å². The molecule has 1 saturated heterocycles. The number of aromatic nitrogens is 1. The molecular weight excluding hydrogens is 302 g/mol. The van der Waals surface area contributed by atoms with Gasteiger partial charge in [0.25, 0.3) is 5.91 Å². The molecule has 7 heteroatoms. The third kappa shape index (κ3) is 2.76. The second-order valence-corrected chi connectivity index (χ2v) is 6.15. The molecule has 1 fully saturated rings. The average Bonchev–Trinajstić information content (AvgIpc) is 3.16. The molecule has 3 heterocycles. The second-order valence-electron chi connectivity index (χ2n) is 5.20. The Morgan fingerprint density at radius 3 is 2.50 bits per heavy atom. The van der Waals surface area contributed by atoms with E-state index < -0.39 is 0 Å². The minimum absolute atomic E-state index is 0.0460. The van der Waals surface area contributed by atoms with Gasteiger partial charge in [-0.1, -0.05) is 6.07 Å². The normalized spacial score (nSPS) is 15.2. The Labute approximate surface area is 132 Å². The van der Waals surface area contributed by atoms with Crippen molar-refractivity contribution in [3.05, 3.63) is 29.0 Å². The third-order valence-corrected chi connectivity index (χ3v) is 4.60. The first-order chi connectivity index (χ1) is 10.6. The topological polar surface area (TPSA) is 66.7 Å². The Morgan fingerprint density at radius 2 is 1.91 bits per heavy atom. The molecule has 0 spiro atoms. The van der Waals surface area contributed by atoms with Crippen LogP contribution < -0.4 is 0 Å². The number of aryl methyl sites for hydroxylation is 1. The maximum atomic E-state index is 12.6. The van der Waals surface area contributed by atoms with Gasteiger partial charge in [-0.15, -0.1) is 11.3 Å². The van der Waals surface area contributed by atoms with Gasteiger partial charge in [-0.05, 0) is 18.4 Å². The Kier molecular flexibility index (Phi) is 3.98. The van der Waals surface area contributed by atoms with Gasteiger partial charge in [-0.3, -0.25) is 9.59 Å². The number of hydrogen-bond acceptors (Lipinski definition) is 5. The van der Waals surface area contributed by atoms with Crippen LogP contribution in [-0.2, 0) is 4.79 Å². The summed E-state index contributed by atoms with van der Waals surface area (Å²) in [5, 5.41) is 1.94. The van der Waals surface area contributed by atoms with Crippen LogP contribution in [0.25, 0.3) is 10.8 Å². The molecule has 3 rings (SSSR count). The largest absolute Gasteiger partial charge is 0.440 e. The van der Waals surface area contributed by atoms with Gasteiger partial charge in [0.2, 0.25) is 11.8 Å². The van der Waals surface area contributed by atoms with E-state index in [9.17, 15) is 9.59 Å². The van der Waals surface area contributed by atoms with E-state index in [1.165, 1.54) is 11.3 Å². The first kappa shape index (κ1) is 14.8. The lowest BCUT2D eigenvalue weighted by Gasteiger charge is -2.33. The number of carbonyl (C=O) groups excluding carboxylic acids is 2. The van der Waals surface area contributed by atoms with Gasteiger partial charge >= 0.3 is 0 Å². The number of carbonyl (C=O) groups is 2. The SMILES string of the molecule is CC(=O)N1CCN(C(=O)c2nc(-c3cccs3)oc2C)CC1. The van der Waals surface area contributed by atoms with Gasteiger partial charge in [0.1, 0.15) is 5.76 Å². The van der Waals surface area contributed by atoms with Crippen molar-refractivity contribution < 1.29 is 14.0 Å². The van der Waals surface area contributed by atoms with Crippen LogP contribution in [0, 0.1) is 6.92 Å². The summed E-state index contributed by atoms with van der Waals surface area (Å²) in [6, 6.07) is 3.83. The minimum atomic E-state index is -0.132. The summed E-state index contributed by atoms with van der Waals surface area (Å²) in [5.41, 5.74) is 0.361. The maximum Gasteiger partial charge on any atom is 0.276 e. The molecule has 0 unspecified atom stereocenters. The van der Waals surface area contributed by atoms with Crippen molar-refractivity contribution in [1.29, 1.82) is 0 Å². The van der Waals surface area contributed by atoms with Crippen molar-refractivity contribution >= 4 is 23.2 Å². The zero-order valence-electron chi connectivity index (χ0n) is 12.5. The Bertz CT molecular complexity index is 685. The highest BCUT2D eigenvalue weighted by atomic mass is 32.1. The quantitative estimate of drug-likeness (QED) is 0.849. The molecule has 116 valence electrons. The van der Waals surface area contributed by atoms with E-state index >= 15 is 0 Å². The molecule has 0 bridgehead atoms. The fraction of sp³-hybridized carbons (Fsp3) is 0.400. The molecule has 22 heavy (non-hydrogen) atoms. The van der Waals surface area contributed by atoms with Crippen LogP contribution in [0.4, 0.5) is 0 Å². The fourth-order valence-electron chi connectivity index (χ4n) is 2.47. The van der Waals surface area contributed by atoms with Gasteiger partial charge in [0.05, 0.1) is 4.88 Å². The standard InChI is InChI=1S/C15H17N3O3S/c1-10-13(16-14(21-10)12-4-3-9-22-12)15(20)18-7-5-17(6-8-18)11(2)19/h3-4,9H,5-8H2,1-2H3. The molecule has 2 aromatic rings. The minimum Gasteiger partial charge on any atom is -0.440 e. The number of hydrogen-bond donors (Lipinski definition) is 0. The Hall–Kier alpha value is -2.15. The van der Waals surface area contributed by atoms with Gasteiger partial charge in [0, 0.05) is 33.1 Å². The van der Waals surface area contributed by atoms with E-state index in [0.717, 1.165) is 4.88 Å². The molecule has 0 N–H and O–H groups in total. The molecule has 0 radical (unpaired) electrons. The summed E-state index contributed by atoms with van der Waals surface area (Å²) < 4.78 is 5.62. The summed E-state index contributed by atoms with van der Waals surface area (Å²) in [4.78, 5) is 32.6. The Balaban J connectivity index is 1.75. The average molecular weight is 319 g/mol. The van der Waals surface area contributed by atoms with Gasteiger partial charge < -0.3 is 14.2 Å². The van der Waals surface area contributed by atoms with E-state index in [2.05, 4.69) is 4.98 Å². The van der Waals surface area contributed by atoms with Crippen LogP contribution in [-0.4, -0.2) is 52.8 Å². The summed E-state index contributed by atoms with van der Waals surface area (Å²) in [6.07, 6.45) is 0. The highest BCUT2D eigenvalue weighted by molar-refractivity contribution is 7.13. The summed E-state index contributed by atoms with van der Waals surface area (Å²) >= 11 is 1.52. The number of piperazine rings is 1. The number of oxazole rings is 1. The van der Waals surface area contributed by atoms with Crippen LogP contribution in [0.15, 0.2) is 21.9 Å². The van der Waals surface area contributed by atoms with Crippen molar-refractivity contribution in [3.8, 4) is 10.8 Å². The van der Waals surface area contributed by atoms with Crippen molar-refractivity contribution in [3.63, 3.8) is 0 Å². The second kappa shape index (κ2) is 5.92. The number of nitrogens with zero attached hydrogens (tertiary/aromatic N) is 3. The molecule has 2 aromatic heterocycles. The maximum absolute atomic E-state index is 12.6. The number of rotatable bonds is 2. The zero-order chi connectivity index (χ0) is 15.7. The van der Waals surface area contributed by atoms with Crippen LogP contribution in [0.5, 0.6) is 0 Å². The molecule has 0 saturated carbocycles. The van der Waals surface area contributed by atoms with Gasteiger partial charge in [-0.25, -0.2) is 4.98 Å². The molecule has 1 aliphatic rings. The third-order valence-electron chi connectivity index (χ3n) is 3.74. The summed E-state index contributed by atoms with van der Waals surface area (Å²) in [6.45, 7) is 5.49. The summed E-state index contributed by atoms with van der Waals surface area (Å²) in [7, 11) is 0. The van der Waals surface area contributed by atoms with Gasteiger partial charge in [0.15, 0.2) is 5.69 Å². The van der Waals surface area contributed by atoms with E-state index in [1.807, 2.05) is 17.5 Å². The molecule has 1 aliphatic heterocycles. The molecule has 0 atom stereocenters. The smallest absolute Gasteiger partial charge is 0.276 e. The van der Waals surface area contributed by atoms with Crippen LogP contribution in [0.2, 0.25) is 0 Å². The lowest BCUT2D eigenvalue weighted by molar-refractivity contribution is -0.130. The van der Waals surface area contributed by atoms with E-state index in [1.54, 1.807) is 23.6 Å². The van der Waals surface area contributed by atoms with Crippen molar-refractivity contribution in [1.82, 2.24) is 14.8 Å². The fourth-order valence-corrected chi connectivity index (χ4v) is 3.12. The molecule has 0 aliphatic carbocycles. The van der Waals surface area contributed by atoms with Crippen molar-refractivity contribution in [2.75, 3.05) is 26.2 Å². The van der Waals surface area contributed by atoms with Crippen LogP contribution in [0.1, 0.15) is 23.2 Å². The predicted molar refractivity (Wildman–Crippen MR) is 82.7 cm³/mol. The number of amides is 2. The lowest BCUT2D eigenvalue weighted by atomic mass is 10.2. The van der Waals surface area contributed by atoms with E-state index in [4.69, 9.17) is 4.42 Å². The van der Waals surface area contributed by atoms with E-state index in [-0.39, 0.29) is 11.8 Å². The zero-order valence-corrected chi connectivity index (χ0v) is 13.4. The highest BCUT2D eigenvalue weighted by Gasteiger charge is 2.27. The Morgan fingerprint density at radius 1 is 1.23 bits per heavy atom. The van der Waals surface area contributed by atoms with E-state index in [0.29, 0.717) is 43.5 Å². The van der Waals surface area contributed by atoms with Crippen molar-refractivity contribution in [2.24, 2.45) is 0 Å². The highest BCUT2D eigenvalue weighted by Crippen LogP contribution is 2.26. The molecule has 6 nitrogen and oxygen atoms in total. The lowest BCUT2D eigenvalue weighted by Crippen LogP contribution is -2.50. The van der Waals surface area contributed by atoms with Gasteiger partial charge in [-0.2, -0.15) is 0 Å². The van der Waals surface area contributed by atoms with Crippen LogP contribution >= 0.6 is 11.3 Å². The van der Waals surface area contributed by atoms with Crippen molar-refractivity contribution in [2.45, 2.75) is 13.8 Å². The number of thiophene rings is 1. The monoisotopic (exact) mass is 319 g/mol. The first-order valence-corrected chi connectivity index (χ1v) is 8.00. The molecule has 0 aromatic carbocycles. The molecular formula is C15H17N3O3S. The molecule has 2 amide bonds. The summed E-state index contributed by atoms with van der Waals surface area (Å²) in [5.74, 6) is 0.928.